The Balaban J connectivity index is 0.00000288. The minimum Gasteiger partial charge on any atom is -0.494 e. The second-order valence-electron chi connectivity index (χ2n) is 5.89. The number of halogens is 1. The Labute approximate surface area is 149 Å². The van der Waals surface area contributed by atoms with Gasteiger partial charge in [0.15, 0.2) is 9.84 Å². The number of nitrogens with zero attached hydrogens (tertiary/aromatic N) is 1. The van der Waals surface area contributed by atoms with Gasteiger partial charge in [-0.2, -0.15) is 0 Å². The Morgan fingerprint density at radius 3 is 2.58 bits per heavy atom. The SMILES string of the molecule is CC1CN(C(=O)CCCOc2ccc(S(C)(=O)=O)cc2)CCN1.Cl. The fourth-order valence-electron chi connectivity index (χ4n) is 2.51. The monoisotopic (exact) mass is 376 g/mol. The number of carbonyl (C=O) groups excluding carboxylic acids is 1. The first-order chi connectivity index (χ1) is 10.9. The highest BCUT2D eigenvalue weighted by molar-refractivity contribution is 7.90. The van der Waals surface area contributed by atoms with Crippen LogP contribution >= 0.6 is 12.4 Å². The van der Waals surface area contributed by atoms with Crippen molar-refractivity contribution in [3.05, 3.63) is 24.3 Å². The first-order valence-electron chi connectivity index (χ1n) is 7.80. The Kier molecular flexibility index (Phi) is 7.99. The van der Waals surface area contributed by atoms with E-state index in [0.29, 0.717) is 31.2 Å². The van der Waals surface area contributed by atoms with Crippen molar-refractivity contribution >= 4 is 28.2 Å². The second-order valence-corrected chi connectivity index (χ2v) is 7.91. The van der Waals surface area contributed by atoms with E-state index in [4.69, 9.17) is 4.74 Å². The smallest absolute Gasteiger partial charge is 0.222 e. The van der Waals surface area contributed by atoms with E-state index >= 15 is 0 Å². The molecule has 1 atom stereocenters. The van der Waals surface area contributed by atoms with E-state index in [-0.39, 0.29) is 23.2 Å². The van der Waals surface area contributed by atoms with Gasteiger partial charge in [-0.3, -0.25) is 4.79 Å². The molecule has 1 aromatic rings. The molecule has 1 aliphatic rings. The lowest BCUT2D eigenvalue weighted by molar-refractivity contribution is -0.132. The average molecular weight is 377 g/mol. The normalized spacial score (nSPS) is 17.9. The third-order valence-electron chi connectivity index (χ3n) is 3.78. The third-order valence-corrected chi connectivity index (χ3v) is 4.91. The summed E-state index contributed by atoms with van der Waals surface area (Å²) in [5.74, 6) is 0.773. The molecule has 0 saturated carbocycles. The van der Waals surface area contributed by atoms with Gasteiger partial charge in [-0.15, -0.1) is 12.4 Å². The molecule has 1 saturated heterocycles. The Morgan fingerprint density at radius 1 is 1.33 bits per heavy atom. The van der Waals surface area contributed by atoms with Gasteiger partial charge < -0.3 is 15.0 Å². The molecule has 1 fully saturated rings. The molecule has 0 spiro atoms. The number of piperazine rings is 1. The summed E-state index contributed by atoms with van der Waals surface area (Å²) in [4.78, 5) is 14.2. The number of benzene rings is 1. The van der Waals surface area contributed by atoms with Crippen molar-refractivity contribution in [2.75, 3.05) is 32.5 Å². The topological polar surface area (TPSA) is 75.7 Å². The number of rotatable bonds is 6. The molecule has 2 rings (SSSR count). The van der Waals surface area contributed by atoms with Crippen LogP contribution in [0.3, 0.4) is 0 Å². The lowest BCUT2D eigenvalue weighted by Crippen LogP contribution is -2.51. The molecule has 1 amide bonds. The van der Waals surface area contributed by atoms with Crippen molar-refractivity contribution < 1.29 is 17.9 Å². The molecular weight excluding hydrogens is 352 g/mol. The van der Waals surface area contributed by atoms with Crippen LogP contribution in [0.15, 0.2) is 29.2 Å². The highest BCUT2D eigenvalue weighted by Crippen LogP contribution is 2.16. The summed E-state index contributed by atoms with van der Waals surface area (Å²) in [6, 6.07) is 6.67. The summed E-state index contributed by atoms with van der Waals surface area (Å²) >= 11 is 0. The molecule has 1 aliphatic heterocycles. The van der Waals surface area contributed by atoms with Gasteiger partial charge in [-0.25, -0.2) is 8.42 Å². The van der Waals surface area contributed by atoms with Crippen LogP contribution in [-0.2, 0) is 14.6 Å². The standard InChI is InChI=1S/C16H24N2O4S.ClH/c1-13-12-18(10-9-17-13)16(19)4-3-11-22-14-5-7-15(8-6-14)23(2,20)21;/h5-8,13,17H,3-4,9-12H2,1-2H3;1H. The van der Waals surface area contributed by atoms with E-state index in [1.165, 1.54) is 18.4 Å². The third kappa shape index (κ3) is 6.30. The van der Waals surface area contributed by atoms with Crippen molar-refractivity contribution in [3.63, 3.8) is 0 Å². The van der Waals surface area contributed by atoms with Crippen LogP contribution in [0, 0.1) is 0 Å². The minimum atomic E-state index is -3.18. The Bertz CT molecular complexity index is 634. The van der Waals surface area contributed by atoms with Gasteiger partial charge >= 0.3 is 0 Å². The maximum Gasteiger partial charge on any atom is 0.222 e. The Hall–Kier alpha value is -1.31. The highest BCUT2D eigenvalue weighted by atomic mass is 35.5. The first kappa shape index (κ1) is 20.7. The summed E-state index contributed by atoms with van der Waals surface area (Å²) in [6.07, 6.45) is 2.28. The van der Waals surface area contributed by atoms with Gasteiger partial charge in [-0.1, -0.05) is 0 Å². The van der Waals surface area contributed by atoms with Crippen LogP contribution < -0.4 is 10.1 Å². The number of nitrogens with one attached hydrogen (secondary N) is 1. The van der Waals surface area contributed by atoms with Gasteiger partial charge in [0.05, 0.1) is 11.5 Å². The summed E-state index contributed by atoms with van der Waals surface area (Å²) in [5.41, 5.74) is 0. The van der Waals surface area contributed by atoms with Crippen molar-refractivity contribution in [1.29, 1.82) is 0 Å². The molecule has 1 N–H and O–H groups in total. The van der Waals surface area contributed by atoms with E-state index in [1.54, 1.807) is 12.1 Å². The van der Waals surface area contributed by atoms with Crippen LogP contribution in [-0.4, -0.2) is 57.8 Å². The summed E-state index contributed by atoms with van der Waals surface area (Å²) in [5, 5.41) is 3.31. The molecule has 0 aromatic heterocycles. The van der Waals surface area contributed by atoms with Gasteiger partial charge in [0.1, 0.15) is 5.75 Å². The number of sulfone groups is 1. The maximum atomic E-state index is 12.1. The van der Waals surface area contributed by atoms with Gasteiger partial charge in [-0.05, 0) is 37.6 Å². The number of carbonyl (C=O) groups is 1. The molecular formula is C16H25ClN2O4S. The summed E-state index contributed by atoms with van der Waals surface area (Å²) in [7, 11) is -3.18. The van der Waals surface area contributed by atoms with E-state index in [9.17, 15) is 13.2 Å². The van der Waals surface area contributed by atoms with E-state index in [1.807, 2.05) is 4.90 Å². The number of hydrogen-bond donors (Lipinski definition) is 1. The number of ether oxygens (including phenoxy) is 1. The van der Waals surface area contributed by atoms with Crippen molar-refractivity contribution in [3.8, 4) is 5.75 Å². The quantitative estimate of drug-likeness (QED) is 0.761. The zero-order chi connectivity index (χ0) is 16.9. The fraction of sp³-hybridized carbons (Fsp3) is 0.562. The van der Waals surface area contributed by atoms with Crippen LogP contribution in [0.5, 0.6) is 5.75 Å². The lowest BCUT2D eigenvalue weighted by atomic mass is 10.2. The van der Waals surface area contributed by atoms with Crippen LogP contribution in [0.4, 0.5) is 0 Å². The average Bonchev–Trinajstić information content (AvgIpc) is 2.51. The van der Waals surface area contributed by atoms with E-state index in [0.717, 1.165) is 19.6 Å². The van der Waals surface area contributed by atoms with E-state index < -0.39 is 9.84 Å². The lowest BCUT2D eigenvalue weighted by Gasteiger charge is -2.32. The van der Waals surface area contributed by atoms with Crippen LogP contribution in [0.2, 0.25) is 0 Å². The second kappa shape index (κ2) is 9.25. The van der Waals surface area contributed by atoms with Crippen molar-refractivity contribution in [2.45, 2.75) is 30.7 Å². The fourth-order valence-corrected chi connectivity index (χ4v) is 3.14. The zero-order valence-corrected chi connectivity index (χ0v) is 15.7. The molecule has 1 aromatic carbocycles. The largest absolute Gasteiger partial charge is 0.494 e. The number of amides is 1. The molecule has 0 radical (unpaired) electrons. The Morgan fingerprint density at radius 2 is 2.00 bits per heavy atom. The highest BCUT2D eigenvalue weighted by Gasteiger charge is 2.19. The van der Waals surface area contributed by atoms with Gasteiger partial charge in [0, 0.05) is 38.4 Å². The van der Waals surface area contributed by atoms with Crippen molar-refractivity contribution in [2.24, 2.45) is 0 Å². The van der Waals surface area contributed by atoms with Crippen LogP contribution in [0.1, 0.15) is 19.8 Å². The van der Waals surface area contributed by atoms with Crippen molar-refractivity contribution in [1.82, 2.24) is 10.2 Å². The molecule has 0 bridgehead atoms. The number of hydrogen-bond acceptors (Lipinski definition) is 5. The maximum absolute atomic E-state index is 12.1. The molecule has 24 heavy (non-hydrogen) atoms. The molecule has 1 unspecified atom stereocenters. The summed E-state index contributed by atoms with van der Waals surface area (Å²) in [6.45, 7) is 4.87. The van der Waals surface area contributed by atoms with Gasteiger partial charge in [0.25, 0.3) is 0 Å². The first-order valence-corrected chi connectivity index (χ1v) is 9.69. The minimum absolute atomic E-state index is 0. The summed E-state index contributed by atoms with van der Waals surface area (Å²) < 4.78 is 28.3. The predicted molar refractivity (Wildman–Crippen MR) is 95.6 cm³/mol. The predicted octanol–water partition coefficient (Wildman–Crippen LogP) is 1.49. The molecule has 136 valence electrons. The molecule has 8 heteroatoms. The molecule has 1 heterocycles. The van der Waals surface area contributed by atoms with Gasteiger partial charge in [0.2, 0.25) is 5.91 Å². The van der Waals surface area contributed by atoms with E-state index in [2.05, 4.69) is 12.2 Å². The zero-order valence-electron chi connectivity index (χ0n) is 14.0. The molecule has 0 aliphatic carbocycles. The molecule has 6 nitrogen and oxygen atoms in total. The van der Waals surface area contributed by atoms with Crippen LogP contribution in [0.25, 0.3) is 0 Å².